The number of carbonyl (C=O) groups excluding carboxylic acids is 1. The van der Waals surface area contributed by atoms with Gasteiger partial charge < -0.3 is 4.90 Å². The lowest BCUT2D eigenvalue weighted by atomic mass is 10.2. The lowest BCUT2D eigenvalue weighted by Crippen LogP contribution is -2.40. The Bertz CT molecular complexity index is 466. The molecule has 2 nitrogen and oxygen atoms in total. The van der Waals surface area contributed by atoms with Crippen LogP contribution in [0.5, 0.6) is 0 Å². The first-order chi connectivity index (χ1) is 8.74. The highest BCUT2D eigenvalue weighted by Gasteiger charge is 2.33. The summed E-state index contributed by atoms with van der Waals surface area (Å²) < 4.78 is 50.4. The summed E-state index contributed by atoms with van der Waals surface area (Å²) in [6, 6.07) is 3.23. The van der Waals surface area contributed by atoms with E-state index in [-0.39, 0.29) is 22.5 Å². The predicted molar refractivity (Wildman–Crippen MR) is 66.8 cm³/mol. The van der Waals surface area contributed by atoms with Crippen LogP contribution in [0.2, 0.25) is 0 Å². The van der Waals surface area contributed by atoms with Gasteiger partial charge >= 0.3 is 6.18 Å². The van der Waals surface area contributed by atoms with E-state index in [4.69, 9.17) is 11.6 Å². The van der Waals surface area contributed by atoms with Gasteiger partial charge in [0.25, 0.3) is 5.91 Å². The molecule has 0 saturated carbocycles. The van der Waals surface area contributed by atoms with E-state index in [0.29, 0.717) is 4.90 Å². The minimum Gasteiger partial charge on any atom is -0.328 e. The minimum atomic E-state index is -4.54. The summed E-state index contributed by atoms with van der Waals surface area (Å²) in [5.41, 5.74) is -0.172. The zero-order chi connectivity index (χ0) is 14.6. The van der Waals surface area contributed by atoms with Gasteiger partial charge in [-0.15, -0.1) is 11.6 Å². The smallest absolute Gasteiger partial charge is 0.328 e. The lowest BCUT2D eigenvalue weighted by Gasteiger charge is -2.23. The number of carbonyl (C=O) groups is 1. The van der Waals surface area contributed by atoms with Crippen LogP contribution in [0.1, 0.15) is 10.4 Å². The zero-order valence-corrected chi connectivity index (χ0v) is 11.8. The summed E-state index contributed by atoms with van der Waals surface area (Å²) in [7, 11) is 0. The molecule has 0 heterocycles. The van der Waals surface area contributed by atoms with Gasteiger partial charge in [-0.1, -0.05) is 0 Å². The Morgan fingerprint density at radius 3 is 2.53 bits per heavy atom. The normalized spacial score (nSPS) is 11.5. The third-order valence-corrected chi connectivity index (χ3v) is 3.03. The second-order valence-electron chi connectivity index (χ2n) is 3.66. The molecule has 0 fully saturated rings. The van der Waals surface area contributed by atoms with Crippen molar-refractivity contribution in [1.82, 2.24) is 4.90 Å². The highest BCUT2D eigenvalue weighted by molar-refractivity contribution is 9.10. The molecule has 1 aromatic rings. The molecule has 1 amide bonds. The van der Waals surface area contributed by atoms with Crippen LogP contribution in [0.4, 0.5) is 17.6 Å². The van der Waals surface area contributed by atoms with Crippen LogP contribution >= 0.6 is 27.5 Å². The first-order valence-corrected chi connectivity index (χ1v) is 6.44. The predicted octanol–water partition coefficient (Wildman–Crippen LogP) is 3.83. The summed E-state index contributed by atoms with van der Waals surface area (Å²) in [4.78, 5) is 12.5. The minimum absolute atomic E-state index is 0.144. The zero-order valence-electron chi connectivity index (χ0n) is 9.48. The van der Waals surface area contributed by atoms with Gasteiger partial charge in [0.05, 0.1) is 5.56 Å². The van der Waals surface area contributed by atoms with Crippen molar-refractivity contribution in [3.05, 3.63) is 34.1 Å². The van der Waals surface area contributed by atoms with Crippen molar-refractivity contribution in [2.75, 3.05) is 19.0 Å². The van der Waals surface area contributed by atoms with Crippen molar-refractivity contribution in [3.63, 3.8) is 0 Å². The van der Waals surface area contributed by atoms with Crippen molar-refractivity contribution in [3.8, 4) is 0 Å². The molecule has 0 N–H and O–H groups in total. The van der Waals surface area contributed by atoms with Crippen LogP contribution in [0.3, 0.4) is 0 Å². The average Bonchev–Trinajstić information content (AvgIpc) is 2.29. The molecule has 0 atom stereocenters. The number of benzene rings is 1. The molecule has 0 unspecified atom stereocenters. The highest BCUT2D eigenvalue weighted by Crippen LogP contribution is 2.22. The Balaban J connectivity index is 3.02. The Labute approximate surface area is 120 Å². The van der Waals surface area contributed by atoms with Crippen LogP contribution in [0.15, 0.2) is 22.7 Å². The van der Waals surface area contributed by atoms with E-state index in [1.54, 1.807) is 0 Å². The number of alkyl halides is 4. The fourth-order valence-electron chi connectivity index (χ4n) is 1.40. The van der Waals surface area contributed by atoms with Gasteiger partial charge in [0.2, 0.25) is 0 Å². The van der Waals surface area contributed by atoms with E-state index in [1.807, 2.05) is 0 Å². The second-order valence-corrected chi connectivity index (χ2v) is 4.89. The quantitative estimate of drug-likeness (QED) is 0.589. The van der Waals surface area contributed by atoms with Gasteiger partial charge in [0, 0.05) is 16.9 Å². The molecule has 0 aliphatic heterocycles. The first kappa shape index (κ1) is 16.2. The van der Waals surface area contributed by atoms with E-state index >= 15 is 0 Å². The first-order valence-electron chi connectivity index (χ1n) is 5.11. The molecule has 106 valence electrons. The molecule has 0 aliphatic rings. The summed E-state index contributed by atoms with van der Waals surface area (Å²) in [6.07, 6.45) is -4.54. The third-order valence-electron chi connectivity index (χ3n) is 2.17. The fraction of sp³-hybridized carbons (Fsp3) is 0.364. The van der Waals surface area contributed by atoms with E-state index in [2.05, 4.69) is 15.9 Å². The van der Waals surface area contributed by atoms with Crippen LogP contribution in [0, 0.1) is 5.82 Å². The molecule has 0 radical (unpaired) electrons. The molecule has 0 aromatic heterocycles. The molecular weight excluding hydrogens is 353 g/mol. The van der Waals surface area contributed by atoms with Gasteiger partial charge in [-0.2, -0.15) is 13.2 Å². The van der Waals surface area contributed by atoms with Crippen molar-refractivity contribution < 1.29 is 22.4 Å². The SMILES string of the molecule is O=C(c1cc(F)ccc1Br)N(CCCl)CC(F)(F)F. The van der Waals surface area contributed by atoms with Crippen LogP contribution in [0.25, 0.3) is 0 Å². The molecule has 1 rings (SSSR count). The van der Waals surface area contributed by atoms with Crippen LogP contribution < -0.4 is 0 Å². The monoisotopic (exact) mass is 361 g/mol. The maximum Gasteiger partial charge on any atom is 0.406 e. The maximum atomic E-state index is 13.1. The van der Waals surface area contributed by atoms with Gasteiger partial charge in [-0.3, -0.25) is 4.79 Å². The molecule has 8 heteroatoms. The number of nitrogens with zero attached hydrogens (tertiary/aromatic N) is 1. The van der Waals surface area contributed by atoms with Crippen LogP contribution in [-0.2, 0) is 0 Å². The highest BCUT2D eigenvalue weighted by atomic mass is 79.9. The van der Waals surface area contributed by atoms with Crippen LogP contribution in [-0.4, -0.2) is 36.0 Å². The van der Waals surface area contributed by atoms with Gasteiger partial charge in [-0.25, -0.2) is 4.39 Å². The number of rotatable bonds is 4. The number of hydrogen-bond donors (Lipinski definition) is 0. The molecule has 0 aliphatic carbocycles. The number of amides is 1. The Morgan fingerprint density at radius 1 is 1.37 bits per heavy atom. The Morgan fingerprint density at radius 2 is 2.00 bits per heavy atom. The fourth-order valence-corrected chi connectivity index (χ4v) is 2.02. The van der Waals surface area contributed by atoms with Gasteiger partial charge in [-0.05, 0) is 34.1 Å². The molecular formula is C11H9BrClF4NO. The topological polar surface area (TPSA) is 20.3 Å². The van der Waals surface area contributed by atoms with Crippen molar-refractivity contribution >= 4 is 33.4 Å². The van der Waals surface area contributed by atoms with E-state index in [1.165, 1.54) is 6.07 Å². The number of halogens is 6. The van der Waals surface area contributed by atoms with E-state index in [0.717, 1.165) is 12.1 Å². The largest absolute Gasteiger partial charge is 0.406 e. The van der Waals surface area contributed by atoms with E-state index < -0.39 is 24.4 Å². The standard InChI is InChI=1S/C11H9BrClF4NO/c12-9-2-1-7(14)5-8(9)10(19)18(4-3-13)6-11(15,16)17/h1-2,5H,3-4,6H2. The van der Waals surface area contributed by atoms with Gasteiger partial charge in [0.15, 0.2) is 0 Å². The maximum absolute atomic E-state index is 13.1. The Kier molecular flexibility index (Phi) is 5.61. The molecule has 1 aromatic carbocycles. The Hall–Kier alpha value is -0.820. The lowest BCUT2D eigenvalue weighted by molar-refractivity contribution is -0.140. The van der Waals surface area contributed by atoms with Gasteiger partial charge in [0.1, 0.15) is 12.4 Å². The molecule has 0 spiro atoms. The summed E-state index contributed by atoms with van der Waals surface area (Å²) in [5.74, 6) is -1.77. The van der Waals surface area contributed by atoms with E-state index in [9.17, 15) is 22.4 Å². The second kappa shape index (κ2) is 6.56. The molecule has 19 heavy (non-hydrogen) atoms. The van der Waals surface area contributed by atoms with Crippen molar-refractivity contribution in [2.24, 2.45) is 0 Å². The third kappa shape index (κ3) is 4.99. The number of hydrogen-bond acceptors (Lipinski definition) is 1. The van der Waals surface area contributed by atoms with Crippen molar-refractivity contribution in [2.45, 2.75) is 6.18 Å². The molecule has 0 bridgehead atoms. The summed E-state index contributed by atoms with van der Waals surface area (Å²) >= 11 is 8.38. The average molecular weight is 363 g/mol. The summed E-state index contributed by atoms with van der Waals surface area (Å²) in [5, 5.41) is 0. The summed E-state index contributed by atoms with van der Waals surface area (Å²) in [6.45, 7) is -1.70. The molecule has 0 saturated heterocycles. The van der Waals surface area contributed by atoms with Crippen molar-refractivity contribution in [1.29, 1.82) is 0 Å².